The Balaban J connectivity index is 2.85. The topological polar surface area (TPSA) is 32.9 Å². The van der Waals surface area contributed by atoms with Crippen molar-refractivity contribution < 1.29 is 0 Å². The monoisotopic (exact) mass is 237 g/mol. The SMILES string of the molecule is O=c1cc(CBr)[nH]c2ccccc12. The first-order chi connectivity index (χ1) is 6.31. The summed E-state index contributed by atoms with van der Waals surface area (Å²) in [5.74, 6) is 0. The number of aromatic nitrogens is 1. The number of pyridine rings is 1. The number of alkyl halides is 1. The normalized spacial score (nSPS) is 10.5. The number of rotatable bonds is 1. The van der Waals surface area contributed by atoms with Crippen molar-refractivity contribution in [2.75, 3.05) is 0 Å². The number of H-pyrrole nitrogens is 1. The number of hydrogen-bond donors (Lipinski definition) is 1. The molecule has 1 N–H and O–H groups in total. The fourth-order valence-electron chi connectivity index (χ4n) is 1.32. The van der Waals surface area contributed by atoms with Gasteiger partial charge in [0, 0.05) is 28.0 Å². The van der Waals surface area contributed by atoms with Gasteiger partial charge in [0.15, 0.2) is 5.43 Å². The van der Waals surface area contributed by atoms with Crippen molar-refractivity contribution in [1.29, 1.82) is 0 Å². The third-order valence-electron chi connectivity index (χ3n) is 1.94. The minimum atomic E-state index is 0.0730. The summed E-state index contributed by atoms with van der Waals surface area (Å²) in [7, 11) is 0. The number of benzene rings is 1. The summed E-state index contributed by atoms with van der Waals surface area (Å²) >= 11 is 3.31. The van der Waals surface area contributed by atoms with Crippen molar-refractivity contribution in [3.63, 3.8) is 0 Å². The van der Waals surface area contributed by atoms with E-state index in [1.807, 2.05) is 24.3 Å². The number of nitrogens with one attached hydrogen (secondary N) is 1. The molecule has 3 heteroatoms. The van der Waals surface area contributed by atoms with E-state index >= 15 is 0 Å². The maximum atomic E-state index is 11.5. The summed E-state index contributed by atoms with van der Waals surface area (Å²) in [4.78, 5) is 14.7. The van der Waals surface area contributed by atoms with E-state index in [0.29, 0.717) is 5.33 Å². The molecule has 0 amide bonds. The Bertz CT molecular complexity index is 489. The summed E-state index contributed by atoms with van der Waals surface area (Å²) in [5, 5.41) is 1.42. The van der Waals surface area contributed by atoms with Gasteiger partial charge in [-0.3, -0.25) is 4.79 Å². The van der Waals surface area contributed by atoms with Crippen LogP contribution in [-0.2, 0) is 5.33 Å². The fraction of sp³-hybridized carbons (Fsp3) is 0.100. The molecular weight excluding hydrogens is 230 g/mol. The Morgan fingerprint density at radius 3 is 2.85 bits per heavy atom. The molecule has 0 aliphatic rings. The Kier molecular flexibility index (Phi) is 2.19. The Labute approximate surface area is 83.7 Å². The maximum Gasteiger partial charge on any atom is 0.189 e. The molecule has 1 aromatic carbocycles. The molecule has 0 fully saturated rings. The fourth-order valence-corrected chi connectivity index (χ4v) is 1.63. The predicted molar refractivity (Wildman–Crippen MR) is 57.2 cm³/mol. The average Bonchev–Trinajstić information content (AvgIpc) is 2.18. The predicted octanol–water partition coefficient (Wildman–Crippen LogP) is 2.42. The molecule has 1 heterocycles. The standard InChI is InChI=1S/C10H8BrNO/c11-6-7-5-10(13)8-3-1-2-4-9(8)12-7/h1-5H,6H2,(H,12,13). The van der Waals surface area contributed by atoms with E-state index in [1.54, 1.807) is 6.07 Å². The highest BCUT2D eigenvalue weighted by Crippen LogP contribution is 2.08. The lowest BCUT2D eigenvalue weighted by atomic mass is 10.2. The smallest absolute Gasteiger partial charge is 0.189 e. The summed E-state index contributed by atoms with van der Waals surface area (Å²) < 4.78 is 0. The molecule has 0 bridgehead atoms. The van der Waals surface area contributed by atoms with Gasteiger partial charge in [0.25, 0.3) is 0 Å². The van der Waals surface area contributed by atoms with Crippen LogP contribution in [0.3, 0.4) is 0 Å². The van der Waals surface area contributed by atoms with Crippen LogP contribution in [0.25, 0.3) is 10.9 Å². The first kappa shape index (κ1) is 8.51. The summed E-state index contributed by atoms with van der Waals surface area (Å²) in [6.07, 6.45) is 0. The molecule has 2 aromatic rings. The zero-order valence-electron chi connectivity index (χ0n) is 6.88. The molecule has 0 saturated heterocycles. The summed E-state index contributed by atoms with van der Waals surface area (Å²) in [6.45, 7) is 0. The third-order valence-corrected chi connectivity index (χ3v) is 2.54. The van der Waals surface area contributed by atoms with Crippen molar-refractivity contribution in [3.8, 4) is 0 Å². The Hall–Kier alpha value is -1.09. The van der Waals surface area contributed by atoms with Crippen molar-refractivity contribution >= 4 is 26.8 Å². The zero-order valence-corrected chi connectivity index (χ0v) is 8.47. The van der Waals surface area contributed by atoms with Gasteiger partial charge in [-0.2, -0.15) is 0 Å². The number of halogens is 1. The highest BCUT2D eigenvalue weighted by Gasteiger charge is 1.98. The molecule has 0 aliphatic heterocycles. The average molecular weight is 238 g/mol. The van der Waals surface area contributed by atoms with Gasteiger partial charge in [0.1, 0.15) is 0 Å². The molecule has 0 atom stereocenters. The van der Waals surface area contributed by atoms with Gasteiger partial charge in [-0.1, -0.05) is 28.1 Å². The quantitative estimate of drug-likeness (QED) is 0.760. The van der Waals surface area contributed by atoms with Crippen LogP contribution < -0.4 is 5.43 Å². The minimum Gasteiger partial charge on any atom is -0.357 e. The Morgan fingerprint density at radius 2 is 2.08 bits per heavy atom. The molecule has 0 unspecified atom stereocenters. The van der Waals surface area contributed by atoms with E-state index in [-0.39, 0.29) is 5.43 Å². The zero-order chi connectivity index (χ0) is 9.26. The van der Waals surface area contributed by atoms with E-state index in [2.05, 4.69) is 20.9 Å². The number of para-hydroxylation sites is 1. The highest BCUT2D eigenvalue weighted by atomic mass is 79.9. The first-order valence-corrected chi connectivity index (χ1v) is 5.10. The van der Waals surface area contributed by atoms with E-state index in [4.69, 9.17) is 0 Å². The van der Waals surface area contributed by atoms with Gasteiger partial charge in [0.05, 0.1) is 0 Å². The minimum absolute atomic E-state index is 0.0730. The molecule has 1 aromatic heterocycles. The molecular formula is C10H8BrNO. The van der Waals surface area contributed by atoms with Crippen LogP contribution in [0.2, 0.25) is 0 Å². The summed E-state index contributed by atoms with van der Waals surface area (Å²) in [5.41, 5.74) is 1.87. The largest absolute Gasteiger partial charge is 0.357 e. The van der Waals surface area contributed by atoms with Gasteiger partial charge < -0.3 is 4.98 Å². The van der Waals surface area contributed by atoms with E-state index in [1.165, 1.54) is 0 Å². The van der Waals surface area contributed by atoms with Crippen LogP contribution in [0.1, 0.15) is 5.69 Å². The first-order valence-electron chi connectivity index (χ1n) is 3.98. The van der Waals surface area contributed by atoms with Gasteiger partial charge in [-0.25, -0.2) is 0 Å². The highest BCUT2D eigenvalue weighted by molar-refractivity contribution is 9.08. The van der Waals surface area contributed by atoms with Crippen molar-refractivity contribution in [2.45, 2.75) is 5.33 Å². The second-order valence-corrected chi connectivity index (χ2v) is 3.40. The molecule has 0 saturated carbocycles. The second kappa shape index (κ2) is 3.34. The lowest BCUT2D eigenvalue weighted by Crippen LogP contribution is -2.03. The van der Waals surface area contributed by atoms with Crippen LogP contribution in [-0.4, -0.2) is 4.98 Å². The molecule has 2 rings (SSSR count). The van der Waals surface area contributed by atoms with E-state index < -0.39 is 0 Å². The molecule has 0 aliphatic carbocycles. The van der Waals surface area contributed by atoms with Crippen molar-refractivity contribution in [1.82, 2.24) is 4.98 Å². The lowest BCUT2D eigenvalue weighted by molar-refractivity contribution is 1.22. The molecule has 0 radical (unpaired) electrons. The number of fused-ring (bicyclic) bond motifs is 1. The van der Waals surface area contributed by atoms with Gasteiger partial charge >= 0.3 is 0 Å². The number of aromatic amines is 1. The van der Waals surface area contributed by atoms with Crippen LogP contribution in [0, 0.1) is 0 Å². The van der Waals surface area contributed by atoms with Crippen LogP contribution in [0.4, 0.5) is 0 Å². The molecule has 66 valence electrons. The van der Waals surface area contributed by atoms with Gasteiger partial charge in [0.2, 0.25) is 0 Å². The number of hydrogen-bond acceptors (Lipinski definition) is 1. The van der Waals surface area contributed by atoms with E-state index in [0.717, 1.165) is 16.6 Å². The Morgan fingerprint density at radius 1 is 1.31 bits per heavy atom. The van der Waals surface area contributed by atoms with Crippen molar-refractivity contribution in [3.05, 3.63) is 46.2 Å². The second-order valence-electron chi connectivity index (χ2n) is 2.84. The molecule has 0 spiro atoms. The summed E-state index contributed by atoms with van der Waals surface area (Å²) in [6, 6.07) is 9.13. The molecule has 13 heavy (non-hydrogen) atoms. The van der Waals surface area contributed by atoms with Crippen LogP contribution >= 0.6 is 15.9 Å². The van der Waals surface area contributed by atoms with Gasteiger partial charge in [-0.15, -0.1) is 0 Å². The third kappa shape index (κ3) is 1.52. The van der Waals surface area contributed by atoms with E-state index in [9.17, 15) is 4.79 Å². The van der Waals surface area contributed by atoms with Crippen LogP contribution in [0.5, 0.6) is 0 Å². The van der Waals surface area contributed by atoms with Gasteiger partial charge in [-0.05, 0) is 12.1 Å². The van der Waals surface area contributed by atoms with Crippen molar-refractivity contribution in [2.24, 2.45) is 0 Å². The van der Waals surface area contributed by atoms with Crippen LogP contribution in [0.15, 0.2) is 35.1 Å². The lowest BCUT2D eigenvalue weighted by Gasteiger charge is -1.99. The maximum absolute atomic E-state index is 11.5. The molecule has 2 nitrogen and oxygen atoms in total.